The first kappa shape index (κ1) is 20.9. The van der Waals surface area contributed by atoms with Crippen molar-refractivity contribution in [2.75, 3.05) is 39.8 Å². The third-order valence-corrected chi connectivity index (χ3v) is 3.64. The summed E-state index contributed by atoms with van der Waals surface area (Å²) in [6.07, 6.45) is 7.97. The van der Waals surface area contributed by atoms with Gasteiger partial charge in [0.05, 0.1) is 19.3 Å². The Labute approximate surface area is 147 Å². The fourth-order valence-corrected chi connectivity index (χ4v) is 2.36. The van der Waals surface area contributed by atoms with E-state index in [4.69, 9.17) is 10.5 Å². The highest BCUT2D eigenvalue weighted by Gasteiger charge is 2.16. The van der Waals surface area contributed by atoms with Crippen LogP contribution in [0.4, 0.5) is 0 Å². The van der Waals surface area contributed by atoms with Gasteiger partial charge in [0, 0.05) is 19.6 Å². The van der Waals surface area contributed by atoms with E-state index in [1.165, 1.54) is 38.5 Å². The molecule has 0 amide bonds. The number of aliphatic imine (C=N–C) groups is 1. The zero-order valence-corrected chi connectivity index (χ0v) is 16.0. The van der Waals surface area contributed by atoms with Crippen LogP contribution in [0.5, 0.6) is 0 Å². The number of unbranched alkanes of at least 4 members (excludes halogenated alkanes) is 5. The maximum absolute atomic E-state index is 5.86. The van der Waals surface area contributed by atoms with Crippen LogP contribution in [0.25, 0.3) is 0 Å². The molecule has 1 aliphatic heterocycles. The van der Waals surface area contributed by atoms with Crippen molar-refractivity contribution in [3.05, 3.63) is 0 Å². The van der Waals surface area contributed by atoms with Gasteiger partial charge in [0.25, 0.3) is 0 Å². The largest absolute Gasteiger partial charge is 0.374 e. The van der Waals surface area contributed by atoms with E-state index in [0.717, 1.165) is 26.2 Å². The van der Waals surface area contributed by atoms with Crippen molar-refractivity contribution in [1.82, 2.24) is 10.2 Å². The van der Waals surface area contributed by atoms with Crippen LogP contribution in [0.2, 0.25) is 0 Å². The van der Waals surface area contributed by atoms with Crippen LogP contribution in [0.1, 0.15) is 45.4 Å². The van der Waals surface area contributed by atoms with Crippen molar-refractivity contribution in [3.8, 4) is 0 Å². The number of rotatable bonds is 9. The van der Waals surface area contributed by atoms with Crippen molar-refractivity contribution < 1.29 is 4.74 Å². The Kier molecular flexibility index (Phi) is 13.5. The number of ether oxygens (including phenoxy) is 1. The number of hydrogen-bond acceptors (Lipinski definition) is 3. The van der Waals surface area contributed by atoms with Crippen LogP contribution in [0, 0.1) is 0 Å². The molecule has 6 heteroatoms. The smallest absolute Gasteiger partial charge is 0.188 e. The van der Waals surface area contributed by atoms with E-state index in [9.17, 15) is 0 Å². The molecule has 0 aromatic carbocycles. The molecule has 0 aromatic heterocycles. The molecule has 0 saturated carbocycles. The molecule has 3 N–H and O–H groups in total. The summed E-state index contributed by atoms with van der Waals surface area (Å²) in [6, 6.07) is 0. The van der Waals surface area contributed by atoms with E-state index < -0.39 is 0 Å². The van der Waals surface area contributed by atoms with E-state index in [1.54, 1.807) is 0 Å². The minimum absolute atomic E-state index is 0. The Balaban J connectivity index is 0.00000400. The third kappa shape index (κ3) is 11.2. The maximum atomic E-state index is 5.86. The molecule has 0 aliphatic carbocycles. The van der Waals surface area contributed by atoms with E-state index in [1.807, 2.05) is 0 Å². The first-order chi connectivity index (χ1) is 9.72. The molecule has 1 aliphatic rings. The lowest BCUT2D eigenvalue weighted by atomic mass is 10.1. The molecule has 0 radical (unpaired) electrons. The van der Waals surface area contributed by atoms with Gasteiger partial charge in [-0.3, -0.25) is 4.99 Å². The topological polar surface area (TPSA) is 62.9 Å². The first-order valence-electron chi connectivity index (χ1n) is 8.06. The molecule has 1 saturated heterocycles. The van der Waals surface area contributed by atoms with Gasteiger partial charge in [0.15, 0.2) is 5.96 Å². The second-order valence-corrected chi connectivity index (χ2v) is 5.68. The molecule has 5 nitrogen and oxygen atoms in total. The molecule has 1 atom stereocenters. The predicted octanol–water partition coefficient (Wildman–Crippen LogP) is 2.20. The maximum Gasteiger partial charge on any atom is 0.188 e. The molecule has 126 valence electrons. The Bertz CT molecular complexity index is 276. The van der Waals surface area contributed by atoms with Gasteiger partial charge < -0.3 is 20.7 Å². The van der Waals surface area contributed by atoms with Crippen LogP contribution in [-0.4, -0.2) is 56.8 Å². The minimum Gasteiger partial charge on any atom is -0.374 e. The van der Waals surface area contributed by atoms with E-state index in [2.05, 4.69) is 29.2 Å². The van der Waals surface area contributed by atoms with Gasteiger partial charge >= 0.3 is 0 Å². The second kappa shape index (κ2) is 13.6. The monoisotopic (exact) mass is 412 g/mol. The van der Waals surface area contributed by atoms with Gasteiger partial charge in [-0.15, -0.1) is 24.0 Å². The quantitative estimate of drug-likeness (QED) is 0.264. The number of hydrogen-bond donors (Lipinski definition) is 2. The van der Waals surface area contributed by atoms with E-state index >= 15 is 0 Å². The number of guanidine groups is 1. The van der Waals surface area contributed by atoms with Crippen LogP contribution in [0.15, 0.2) is 4.99 Å². The van der Waals surface area contributed by atoms with Gasteiger partial charge in [-0.05, 0) is 13.5 Å². The predicted molar refractivity (Wildman–Crippen MR) is 101 cm³/mol. The molecule has 1 fully saturated rings. The highest BCUT2D eigenvalue weighted by molar-refractivity contribution is 14.0. The number of nitrogens with two attached hydrogens (primary N) is 1. The minimum atomic E-state index is 0. The molecule has 21 heavy (non-hydrogen) atoms. The van der Waals surface area contributed by atoms with Crippen molar-refractivity contribution in [3.63, 3.8) is 0 Å². The van der Waals surface area contributed by atoms with Crippen LogP contribution >= 0.6 is 24.0 Å². The Morgan fingerprint density at radius 2 is 2.00 bits per heavy atom. The molecule has 1 heterocycles. The van der Waals surface area contributed by atoms with Crippen molar-refractivity contribution in [2.24, 2.45) is 10.7 Å². The SMILES string of the molecule is CCCCCCCCNC(N)=NCC1CN(C)CCO1.I. The van der Waals surface area contributed by atoms with Crippen molar-refractivity contribution >= 4 is 29.9 Å². The molecule has 1 unspecified atom stereocenters. The summed E-state index contributed by atoms with van der Waals surface area (Å²) in [5.41, 5.74) is 5.86. The zero-order chi connectivity index (χ0) is 14.6. The Morgan fingerprint density at radius 3 is 2.71 bits per heavy atom. The van der Waals surface area contributed by atoms with Gasteiger partial charge in [-0.2, -0.15) is 0 Å². The molecule has 0 aromatic rings. The van der Waals surface area contributed by atoms with Crippen LogP contribution in [0.3, 0.4) is 0 Å². The number of morpholine rings is 1. The summed E-state index contributed by atoms with van der Waals surface area (Å²) in [5.74, 6) is 0.551. The first-order valence-corrected chi connectivity index (χ1v) is 8.06. The van der Waals surface area contributed by atoms with Crippen LogP contribution in [-0.2, 0) is 4.74 Å². The molecular weight excluding hydrogens is 379 g/mol. The molecule has 1 rings (SSSR count). The summed E-state index contributed by atoms with van der Waals surface area (Å²) in [4.78, 5) is 6.63. The number of likely N-dealkylation sites (N-methyl/N-ethyl adjacent to an activating group) is 1. The Hall–Kier alpha value is -0.0800. The summed E-state index contributed by atoms with van der Waals surface area (Å²) >= 11 is 0. The molecule has 0 spiro atoms. The fourth-order valence-electron chi connectivity index (χ4n) is 2.36. The summed E-state index contributed by atoms with van der Waals surface area (Å²) in [6.45, 7) is 6.56. The fraction of sp³-hybridized carbons (Fsp3) is 0.933. The highest BCUT2D eigenvalue weighted by atomic mass is 127. The zero-order valence-electron chi connectivity index (χ0n) is 13.6. The normalized spacial score (nSPS) is 20.1. The lowest BCUT2D eigenvalue weighted by molar-refractivity contribution is -0.0136. The standard InChI is InChI=1S/C15H32N4O.HI/c1-3-4-5-6-7-8-9-17-15(16)18-12-14-13-19(2)10-11-20-14;/h14H,3-13H2,1-2H3,(H3,16,17,18);1H. The lowest BCUT2D eigenvalue weighted by Gasteiger charge is -2.29. The summed E-state index contributed by atoms with van der Waals surface area (Å²) < 4.78 is 5.65. The van der Waals surface area contributed by atoms with Crippen molar-refractivity contribution in [2.45, 2.75) is 51.6 Å². The molecular formula is C15H33IN4O. The van der Waals surface area contributed by atoms with Crippen molar-refractivity contribution in [1.29, 1.82) is 0 Å². The second-order valence-electron chi connectivity index (χ2n) is 5.68. The molecule has 0 bridgehead atoms. The summed E-state index contributed by atoms with van der Waals surface area (Å²) in [5, 5.41) is 3.18. The van der Waals surface area contributed by atoms with E-state index in [-0.39, 0.29) is 30.1 Å². The van der Waals surface area contributed by atoms with E-state index in [0.29, 0.717) is 12.5 Å². The Morgan fingerprint density at radius 1 is 1.29 bits per heavy atom. The average Bonchev–Trinajstić information content (AvgIpc) is 2.44. The third-order valence-electron chi connectivity index (χ3n) is 3.64. The van der Waals surface area contributed by atoms with Gasteiger partial charge in [0.2, 0.25) is 0 Å². The summed E-state index contributed by atoms with van der Waals surface area (Å²) in [7, 11) is 2.11. The van der Waals surface area contributed by atoms with Gasteiger partial charge in [-0.25, -0.2) is 0 Å². The van der Waals surface area contributed by atoms with Gasteiger partial charge in [-0.1, -0.05) is 39.0 Å². The number of halogens is 1. The van der Waals surface area contributed by atoms with Crippen LogP contribution < -0.4 is 11.1 Å². The lowest BCUT2D eigenvalue weighted by Crippen LogP contribution is -2.42. The highest BCUT2D eigenvalue weighted by Crippen LogP contribution is 2.04. The van der Waals surface area contributed by atoms with Gasteiger partial charge in [0.1, 0.15) is 0 Å². The average molecular weight is 412 g/mol. The number of nitrogens with one attached hydrogen (secondary N) is 1. The number of nitrogens with zero attached hydrogens (tertiary/aromatic N) is 2.